The Hall–Kier alpha value is -0.140. The molecule has 1 N–H and O–H groups in total. The quantitative estimate of drug-likeness (QED) is 0.400. The monoisotopic (exact) mass is 532 g/mol. The molecule has 7 heteroatoms. The van der Waals surface area contributed by atoms with E-state index in [0.29, 0.717) is 6.42 Å². The highest BCUT2D eigenvalue weighted by Crippen LogP contribution is 2.30. The van der Waals surface area contributed by atoms with Gasteiger partial charge in [-0.25, -0.2) is 13.1 Å². The minimum absolute atomic E-state index is 0.159. The highest BCUT2D eigenvalue weighted by molar-refractivity contribution is 9.10. The number of nitrogens with zero attached hydrogens (tertiary/aromatic N) is 1. The van der Waals surface area contributed by atoms with Gasteiger partial charge >= 0.3 is 0 Å². The summed E-state index contributed by atoms with van der Waals surface area (Å²) in [7, 11) is -3.08. The number of sulfonamides is 1. The van der Waals surface area contributed by atoms with Gasteiger partial charge < -0.3 is 4.90 Å². The van der Waals surface area contributed by atoms with Crippen molar-refractivity contribution in [1.29, 1.82) is 0 Å². The summed E-state index contributed by atoms with van der Waals surface area (Å²) in [4.78, 5) is 2.63. The SMILES string of the molecule is CCCS(=O)(=O)NC1CCC(CCCN2CCC(Cc3cc(Cl)ccc3Br)CC2)CC1. The lowest BCUT2D eigenvalue weighted by Gasteiger charge is -2.33. The summed E-state index contributed by atoms with van der Waals surface area (Å²) in [5, 5.41) is 0.822. The van der Waals surface area contributed by atoms with Crippen LogP contribution in [0.3, 0.4) is 0 Å². The van der Waals surface area contributed by atoms with Crippen LogP contribution in [0.1, 0.15) is 70.3 Å². The number of halogens is 2. The molecule has 0 spiro atoms. The van der Waals surface area contributed by atoms with E-state index in [0.717, 1.165) is 49.0 Å². The fraction of sp³-hybridized carbons (Fsp3) is 0.750. The van der Waals surface area contributed by atoms with Crippen molar-refractivity contribution in [2.75, 3.05) is 25.4 Å². The van der Waals surface area contributed by atoms with Gasteiger partial charge in [0, 0.05) is 15.5 Å². The van der Waals surface area contributed by atoms with Crippen molar-refractivity contribution in [2.45, 2.75) is 77.2 Å². The van der Waals surface area contributed by atoms with Gasteiger partial charge in [0.2, 0.25) is 10.0 Å². The molecule has 1 saturated carbocycles. The van der Waals surface area contributed by atoms with E-state index < -0.39 is 10.0 Å². The molecule has 1 aromatic carbocycles. The zero-order chi connectivity index (χ0) is 22.3. The van der Waals surface area contributed by atoms with Gasteiger partial charge in [-0.05, 0) is 119 Å². The van der Waals surface area contributed by atoms with Gasteiger partial charge in [-0.3, -0.25) is 0 Å². The third kappa shape index (κ3) is 8.62. The summed E-state index contributed by atoms with van der Waals surface area (Å²) in [6.45, 7) is 5.53. The Bertz CT molecular complexity index is 789. The summed E-state index contributed by atoms with van der Waals surface area (Å²) < 4.78 is 28.0. The standard InChI is InChI=1S/C24H38BrClN2O2S/c1-2-16-31(29,30)27-23-8-5-19(6-9-23)4-3-13-28-14-11-20(12-15-28)17-21-18-22(26)7-10-24(21)25/h7,10,18-20,23,27H,2-6,8-9,11-17H2,1H3. The molecular weight excluding hydrogens is 496 g/mol. The molecule has 176 valence electrons. The third-order valence-electron chi connectivity index (χ3n) is 6.98. The van der Waals surface area contributed by atoms with Crippen LogP contribution in [0.15, 0.2) is 22.7 Å². The lowest BCUT2D eigenvalue weighted by molar-refractivity contribution is 0.175. The lowest BCUT2D eigenvalue weighted by Crippen LogP contribution is -2.39. The van der Waals surface area contributed by atoms with Crippen molar-refractivity contribution in [2.24, 2.45) is 11.8 Å². The molecule has 0 radical (unpaired) electrons. The molecule has 2 aliphatic rings. The van der Waals surface area contributed by atoms with Crippen molar-refractivity contribution in [3.8, 4) is 0 Å². The first-order chi connectivity index (χ1) is 14.8. The average molecular weight is 534 g/mol. The van der Waals surface area contributed by atoms with Crippen LogP contribution in [0.4, 0.5) is 0 Å². The minimum Gasteiger partial charge on any atom is -0.303 e. The zero-order valence-corrected chi connectivity index (χ0v) is 21.9. The maximum absolute atomic E-state index is 12.0. The zero-order valence-electron chi connectivity index (χ0n) is 18.8. The molecule has 0 unspecified atom stereocenters. The number of nitrogens with one attached hydrogen (secondary N) is 1. The van der Waals surface area contributed by atoms with Crippen molar-refractivity contribution >= 4 is 37.6 Å². The van der Waals surface area contributed by atoms with Crippen LogP contribution in [0, 0.1) is 11.8 Å². The average Bonchev–Trinajstić information content (AvgIpc) is 2.73. The summed E-state index contributed by atoms with van der Waals surface area (Å²) >= 11 is 9.83. The highest BCUT2D eigenvalue weighted by atomic mass is 79.9. The second kappa shape index (κ2) is 12.4. The molecule has 2 fully saturated rings. The van der Waals surface area contributed by atoms with Crippen LogP contribution < -0.4 is 4.72 Å². The Kier molecular flexibility index (Phi) is 10.2. The van der Waals surface area contributed by atoms with E-state index in [9.17, 15) is 8.42 Å². The van der Waals surface area contributed by atoms with E-state index in [1.165, 1.54) is 55.4 Å². The third-order valence-corrected chi connectivity index (χ3v) is 9.62. The largest absolute Gasteiger partial charge is 0.303 e. The summed E-state index contributed by atoms with van der Waals surface area (Å²) in [6, 6.07) is 6.25. The van der Waals surface area contributed by atoms with Crippen molar-refractivity contribution in [3.63, 3.8) is 0 Å². The van der Waals surface area contributed by atoms with Gasteiger partial charge in [-0.15, -0.1) is 0 Å². The molecule has 3 rings (SSSR count). The van der Waals surface area contributed by atoms with Crippen molar-refractivity contribution in [3.05, 3.63) is 33.3 Å². The first-order valence-electron chi connectivity index (χ1n) is 12.0. The molecule has 1 aliphatic heterocycles. The van der Waals surface area contributed by atoms with Crippen LogP contribution >= 0.6 is 27.5 Å². The Balaban J connectivity index is 1.29. The Morgan fingerprint density at radius 2 is 1.81 bits per heavy atom. The topological polar surface area (TPSA) is 49.4 Å². The first kappa shape index (κ1) is 25.5. The smallest absolute Gasteiger partial charge is 0.211 e. The molecule has 0 amide bonds. The number of piperidine rings is 1. The predicted molar refractivity (Wildman–Crippen MR) is 134 cm³/mol. The Morgan fingerprint density at radius 3 is 2.48 bits per heavy atom. The van der Waals surface area contributed by atoms with Gasteiger partial charge in [0.15, 0.2) is 0 Å². The maximum Gasteiger partial charge on any atom is 0.211 e. The van der Waals surface area contributed by atoms with E-state index >= 15 is 0 Å². The molecule has 31 heavy (non-hydrogen) atoms. The lowest BCUT2D eigenvalue weighted by atomic mass is 9.83. The van der Waals surface area contributed by atoms with Crippen LogP contribution in [-0.4, -0.2) is 44.7 Å². The van der Waals surface area contributed by atoms with Gasteiger partial charge in [0.05, 0.1) is 5.75 Å². The number of likely N-dealkylation sites (tertiary alicyclic amines) is 1. The van der Waals surface area contributed by atoms with E-state index in [1.54, 1.807) is 0 Å². The van der Waals surface area contributed by atoms with Crippen LogP contribution in [0.25, 0.3) is 0 Å². The first-order valence-corrected chi connectivity index (χ1v) is 14.8. The van der Waals surface area contributed by atoms with Crippen molar-refractivity contribution in [1.82, 2.24) is 9.62 Å². The molecular formula is C24H38BrClN2O2S. The van der Waals surface area contributed by atoms with E-state index in [2.05, 4.69) is 37.7 Å². The Labute approximate surface area is 202 Å². The predicted octanol–water partition coefficient (Wildman–Crippen LogP) is 6.03. The van der Waals surface area contributed by atoms with Gasteiger partial charge in [0.25, 0.3) is 0 Å². The van der Waals surface area contributed by atoms with Crippen LogP contribution in [0.5, 0.6) is 0 Å². The molecule has 0 aromatic heterocycles. The van der Waals surface area contributed by atoms with E-state index in [1.807, 2.05) is 13.0 Å². The second-order valence-corrected chi connectivity index (χ2v) is 12.7. The normalized spacial score (nSPS) is 23.8. The van der Waals surface area contributed by atoms with Gasteiger partial charge in [-0.2, -0.15) is 0 Å². The number of hydrogen-bond donors (Lipinski definition) is 1. The molecule has 4 nitrogen and oxygen atoms in total. The fourth-order valence-electron chi connectivity index (χ4n) is 5.18. The molecule has 1 heterocycles. The molecule has 1 saturated heterocycles. The molecule has 1 aromatic rings. The number of hydrogen-bond acceptors (Lipinski definition) is 3. The van der Waals surface area contributed by atoms with E-state index in [4.69, 9.17) is 11.6 Å². The summed E-state index contributed by atoms with van der Waals surface area (Å²) in [6.07, 6.45) is 11.2. The highest BCUT2D eigenvalue weighted by Gasteiger charge is 2.25. The van der Waals surface area contributed by atoms with Crippen LogP contribution in [-0.2, 0) is 16.4 Å². The summed E-state index contributed by atoms with van der Waals surface area (Å²) in [5.74, 6) is 1.77. The molecule has 1 aliphatic carbocycles. The van der Waals surface area contributed by atoms with E-state index in [-0.39, 0.29) is 11.8 Å². The number of benzene rings is 1. The van der Waals surface area contributed by atoms with Crippen LogP contribution in [0.2, 0.25) is 5.02 Å². The van der Waals surface area contributed by atoms with Gasteiger partial charge in [0.1, 0.15) is 0 Å². The molecule has 0 bridgehead atoms. The second-order valence-electron chi connectivity index (χ2n) is 9.52. The Morgan fingerprint density at radius 1 is 1.10 bits per heavy atom. The van der Waals surface area contributed by atoms with Crippen molar-refractivity contribution < 1.29 is 8.42 Å². The molecule has 0 atom stereocenters. The van der Waals surface area contributed by atoms with Gasteiger partial charge in [-0.1, -0.05) is 34.5 Å². The number of rotatable bonds is 10. The maximum atomic E-state index is 12.0. The minimum atomic E-state index is -3.08. The summed E-state index contributed by atoms with van der Waals surface area (Å²) in [5.41, 5.74) is 1.33. The fourth-order valence-corrected chi connectivity index (χ4v) is 7.18.